The van der Waals surface area contributed by atoms with Crippen molar-refractivity contribution in [1.82, 2.24) is 4.98 Å². The summed E-state index contributed by atoms with van der Waals surface area (Å²) in [5, 5.41) is 13.8. The number of carbonyl (C=O) groups excluding carboxylic acids is 2. The predicted molar refractivity (Wildman–Crippen MR) is 82.4 cm³/mol. The van der Waals surface area contributed by atoms with E-state index in [1.54, 1.807) is 7.05 Å². The Balaban J connectivity index is 1.99. The number of nitro benzene ring substituents is 1. The Bertz CT molecular complexity index is 820. The van der Waals surface area contributed by atoms with Gasteiger partial charge in [0, 0.05) is 31.1 Å². The number of nitrogens with zero attached hydrogens (tertiary/aromatic N) is 3. The highest BCUT2D eigenvalue weighted by atomic mass is 16.6. The van der Waals surface area contributed by atoms with Gasteiger partial charge in [-0.15, -0.1) is 0 Å². The van der Waals surface area contributed by atoms with Crippen molar-refractivity contribution in [2.75, 3.05) is 17.3 Å². The molecule has 1 aromatic heterocycles. The second kappa shape index (κ2) is 5.48. The van der Waals surface area contributed by atoms with E-state index in [2.05, 4.69) is 10.3 Å². The first kappa shape index (κ1) is 14.6. The van der Waals surface area contributed by atoms with Gasteiger partial charge in [-0.1, -0.05) is 0 Å². The number of likely N-dealkylation sites (N-methyl/N-ethyl adjacent to an activating group) is 1. The van der Waals surface area contributed by atoms with Crippen molar-refractivity contribution in [3.8, 4) is 0 Å². The largest absolute Gasteiger partial charge is 0.316 e. The van der Waals surface area contributed by atoms with E-state index >= 15 is 0 Å². The smallest absolute Gasteiger partial charge is 0.294 e. The number of fused-ring (bicyclic) bond motifs is 1. The first-order valence-electron chi connectivity index (χ1n) is 6.76. The van der Waals surface area contributed by atoms with Crippen molar-refractivity contribution >= 4 is 28.9 Å². The first-order chi connectivity index (χ1) is 11.0. The quantitative estimate of drug-likeness (QED) is 0.686. The van der Waals surface area contributed by atoms with Gasteiger partial charge in [-0.25, -0.2) is 0 Å². The molecule has 0 saturated carbocycles. The summed E-state index contributed by atoms with van der Waals surface area (Å²) in [5.41, 5.74) is 1.28. The number of hydrogen-bond acceptors (Lipinski definition) is 5. The molecule has 0 fully saturated rings. The summed E-state index contributed by atoms with van der Waals surface area (Å²) in [6.07, 6.45) is 3.07. The highest BCUT2D eigenvalue weighted by Gasteiger charge is 2.29. The summed E-state index contributed by atoms with van der Waals surface area (Å²) in [7, 11) is 1.56. The van der Waals surface area contributed by atoms with E-state index in [1.807, 2.05) is 0 Å². The van der Waals surface area contributed by atoms with E-state index in [-0.39, 0.29) is 23.7 Å². The van der Waals surface area contributed by atoms with E-state index in [4.69, 9.17) is 0 Å². The van der Waals surface area contributed by atoms with Gasteiger partial charge in [-0.3, -0.25) is 24.7 Å². The molecule has 1 aromatic carbocycles. The molecule has 1 N–H and O–H groups in total. The van der Waals surface area contributed by atoms with Gasteiger partial charge in [0.1, 0.15) is 5.69 Å². The Kier molecular flexibility index (Phi) is 3.49. The summed E-state index contributed by atoms with van der Waals surface area (Å²) >= 11 is 0. The van der Waals surface area contributed by atoms with Gasteiger partial charge in [0.2, 0.25) is 5.91 Å². The van der Waals surface area contributed by atoms with Gasteiger partial charge in [-0.05, 0) is 23.8 Å². The third-order valence-electron chi connectivity index (χ3n) is 3.66. The molecule has 0 spiro atoms. The van der Waals surface area contributed by atoms with Crippen molar-refractivity contribution < 1.29 is 14.5 Å². The Labute approximate surface area is 130 Å². The summed E-state index contributed by atoms with van der Waals surface area (Å²) in [6.45, 7) is 0. The summed E-state index contributed by atoms with van der Waals surface area (Å²) in [6, 6.07) is 5.80. The Hall–Kier alpha value is -3.29. The molecule has 8 heteroatoms. The third kappa shape index (κ3) is 2.61. The van der Waals surface area contributed by atoms with Crippen LogP contribution >= 0.6 is 0 Å². The average molecular weight is 312 g/mol. The van der Waals surface area contributed by atoms with Crippen LogP contribution in [0.4, 0.5) is 17.1 Å². The number of amides is 2. The van der Waals surface area contributed by atoms with Crippen LogP contribution in [0.5, 0.6) is 0 Å². The molecular weight excluding hydrogens is 300 g/mol. The molecule has 1 aliphatic heterocycles. The van der Waals surface area contributed by atoms with Gasteiger partial charge in [0.25, 0.3) is 11.6 Å². The van der Waals surface area contributed by atoms with E-state index in [0.717, 1.165) is 0 Å². The average Bonchev–Trinajstić information content (AvgIpc) is 2.81. The lowest BCUT2D eigenvalue weighted by atomic mass is 10.1. The number of aromatic nitrogens is 1. The lowest BCUT2D eigenvalue weighted by Gasteiger charge is -2.12. The van der Waals surface area contributed by atoms with Gasteiger partial charge in [-0.2, -0.15) is 0 Å². The summed E-state index contributed by atoms with van der Waals surface area (Å²) in [4.78, 5) is 39.8. The molecule has 0 saturated heterocycles. The normalized spacial score (nSPS) is 12.9. The minimum Gasteiger partial charge on any atom is -0.316 e. The molecule has 1 aliphatic rings. The number of nitrogens with one attached hydrogen (secondary N) is 1. The Morgan fingerprint density at radius 1 is 1.35 bits per heavy atom. The van der Waals surface area contributed by atoms with Gasteiger partial charge in [0.15, 0.2) is 0 Å². The number of carbonyl (C=O) groups is 2. The first-order valence-corrected chi connectivity index (χ1v) is 6.76. The monoisotopic (exact) mass is 312 g/mol. The van der Waals surface area contributed by atoms with E-state index in [1.165, 1.54) is 41.6 Å². The molecule has 2 heterocycles. The zero-order chi connectivity index (χ0) is 16.6. The van der Waals surface area contributed by atoms with Crippen LogP contribution < -0.4 is 10.2 Å². The lowest BCUT2D eigenvalue weighted by molar-refractivity contribution is -0.383. The van der Waals surface area contributed by atoms with Gasteiger partial charge >= 0.3 is 0 Å². The maximum Gasteiger partial charge on any atom is 0.294 e. The van der Waals surface area contributed by atoms with Crippen molar-refractivity contribution in [1.29, 1.82) is 0 Å². The molecule has 8 nitrogen and oxygen atoms in total. The fraction of sp³-hybridized carbons (Fsp3) is 0.133. The number of hydrogen-bond donors (Lipinski definition) is 1. The Morgan fingerprint density at radius 3 is 2.70 bits per heavy atom. The topological polar surface area (TPSA) is 105 Å². The lowest BCUT2D eigenvalue weighted by Crippen LogP contribution is -2.20. The van der Waals surface area contributed by atoms with Crippen LogP contribution in [-0.2, 0) is 11.2 Å². The van der Waals surface area contributed by atoms with Crippen molar-refractivity contribution in [3.05, 3.63) is 57.9 Å². The molecule has 23 heavy (non-hydrogen) atoms. The predicted octanol–water partition coefficient (Wildman–Crippen LogP) is 1.76. The molecular formula is C15H12N4O4. The molecule has 0 aliphatic carbocycles. The van der Waals surface area contributed by atoms with Gasteiger partial charge < -0.3 is 10.2 Å². The second-order valence-corrected chi connectivity index (χ2v) is 5.07. The third-order valence-corrected chi connectivity index (χ3v) is 3.66. The van der Waals surface area contributed by atoms with Crippen molar-refractivity contribution in [3.63, 3.8) is 0 Å². The molecule has 0 unspecified atom stereocenters. The molecule has 2 amide bonds. The fourth-order valence-corrected chi connectivity index (χ4v) is 2.44. The second-order valence-electron chi connectivity index (χ2n) is 5.07. The standard InChI is InChI=1S/C15H12N4O4/c1-18-12-8-13(19(22)23)11(6-10(12)7-14(18)20)17-15(21)9-2-4-16-5-3-9/h2-6,8H,7H2,1H3,(H,17,21). The molecule has 0 radical (unpaired) electrons. The number of rotatable bonds is 3. The van der Waals surface area contributed by atoms with E-state index in [9.17, 15) is 19.7 Å². The highest BCUT2D eigenvalue weighted by Crippen LogP contribution is 2.37. The summed E-state index contributed by atoms with van der Waals surface area (Å²) < 4.78 is 0. The van der Waals surface area contributed by atoms with Crippen LogP contribution in [0.3, 0.4) is 0 Å². The van der Waals surface area contributed by atoms with Crippen LogP contribution in [0.2, 0.25) is 0 Å². The number of anilines is 2. The minimum atomic E-state index is -0.584. The maximum absolute atomic E-state index is 12.2. The number of benzene rings is 1. The SMILES string of the molecule is CN1C(=O)Cc2cc(NC(=O)c3ccncc3)c([N+](=O)[O-])cc21. The van der Waals surface area contributed by atoms with E-state index in [0.29, 0.717) is 16.8 Å². The minimum absolute atomic E-state index is 0.0682. The fourth-order valence-electron chi connectivity index (χ4n) is 2.44. The van der Waals surface area contributed by atoms with Crippen LogP contribution in [0.15, 0.2) is 36.7 Å². The molecule has 0 bridgehead atoms. The molecule has 0 atom stereocenters. The van der Waals surface area contributed by atoms with Gasteiger partial charge in [0.05, 0.1) is 17.0 Å². The number of nitro groups is 1. The zero-order valence-corrected chi connectivity index (χ0v) is 12.1. The highest BCUT2D eigenvalue weighted by molar-refractivity contribution is 6.07. The van der Waals surface area contributed by atoms with Crippen molar-refractivity contribution in [2.24, 2.45) is 0 Å². The summed E-state index contributed by atoms with van der Waals surface area (Å²) in [5.74, 6) is -0.625. The van der Waals surface area contributed by atoms with Crippen LogP contribution in [0.1, 0.15) is 15.9 Å². The van der Waals surface area contributed by atoms with Crippen LogP contribution in [0, 0.1) is 10.1 Å². The zero-order valence-electron chi connectivity index (χ0n) is 12.1. The van der Waals surface area contributed by atoms with Crippen molar-refractivity contribution in [2.45, 2.75) is 6.42 Å². The molecule has 3 rings (SSSR count). The number of pyridine rings is 1. The maximum atomic E-state index is 12.2. The molecule has 2 aromatic rings. The van der Waals surface area contributed by atoms with E-state index < -0.39 is 10.8 Å². The van der Waals surface area contributed by atoms with Crippen LogP contribution in [-0.4, -0.2) is 28.8 Å². The molecule has 116 valence electrons. The Morgan fingerprint density at radius 2 is 2.04 bits per heavy atom. The van der Waals surface area contributed by atoms with Crippen LogP contribution in [0.25, 0.3) is 0 Å².